The third-order valence-electron chi connectivity index (χ3n) is 6.79. The smallest absolute Gasteiger partial charge is 0.0414 e. The summed E-state index contributed by atoms with van der Waals surface area (Å²) in [4.78, 5) is 0. The first-order valence-corrected chi connectivity index (χ1v) is 14.1. The molecular weight excluding hydrogens is 348 g/mol. The van der Waals surface area contributed by atoms with Crippen molar-refractivity contribution in [2.24, 2.45) is 5.92 Å². The molecule has 0 aliphatic carbocycles. The summed E-state index contributed by atoms with van der Waals surface area (Å²) in [5.41, 5.74) is 0. The van der Waals surface area contributed by atoms with E-state index in [0.717, 1.165) is 12.3 Å². The molecule has 0 aromatic heterocycles. The minimum Gasteiger partial charge on any atom is -0.0654 e. The fraction of sp³-hybridized carbons (Fsp3) is 0.966. The predicted molar refractivity (Wildman–Crippen MR) is 136 cm³/mol. The van der Waals surface area contributed by atoms with Crippen LogP contribution in [0.25, 0.3) is 0 Å². The molecule has 0 heteroatoms. The van der Waals surface area contributed by atoms with Crippen LogP contribution in [0.5, 0.6) is 0 Å². The van der Waals surface area contributed by atoms with Crippen molar-refractivity contribution in [1.29, 1.82) is 0 Å². The van der Waals surface area contributed by atoms with E-state index in [1.807, 2.05) is 0 Å². The van der Waals surface area contributed by atoms with Gasteiger partial charge < -0.3 is 0 Å². The summed E-state index contributed by atoms with van der Waals surface area (Å²) in [5, 5.41) is 0. The zero-order valence-corrected chi connectivity index (χ0v) is 21.0. The van der Waals surface area contributed by atoms with Gasteiger partial charge in [-0.05, 0) is 5.92 Å². The lowest BCUT2D eigenvalue weighted by Crippen LogP contribution is -2.01. The molecule has 0 saturated heterocycles. The molecule has 0 bridgehead atoms. The Labute approximate surface area is 187 Å². The molecule has 0 N–H and O–H groups in total. The lowest BCUT2D eigenvalue weighted by molar-refractivity contribution is 0.372. The van der Waals surface area contributed by atoms with Gasteiger partial charge in [0.15, 0.2) is 0 Å². The van der Waals surface area contributed by atoms with Gasteiger partial charge in [-0.2, -0.15) is 0 Å². The molecule has 0 amide bonds. The molecule has 1 atom stereocenters. The molecule has 0 aromatic rings. The molecule has 0 aliphatic rings. The molecule has 0 saturated carbocycles. The molecule has 0 aliphatic heterocycles. The van der Waals surface area contributed by atoms with Gasteiger partial charge in [0.2, 0.25) is 0 Å². The highest BCUT2D eigenvalue weighted by Crippen LogP contribution is 2.24. The molecule has 29 heavy (non-hydrogen) atoms. The highest BCUT2D eigenvalue weighted by atomic mass is 14.1. The first-order chi connectivity index (χ1) is 14.3. The number of unbranched alkanes of at least 4 members (excludes halogenated alkanes) is 19. The zero-order chi connectivity index (χ0) is 21.3. The first kappa shape index (κ1) is 29.0. The molecule has 0 fully saturated rings. The summed E-state index contributed by atoms with van der Waals surface area (Å²) >= 11 is 0. The van der Waals surface area contributed by atoms with Gasteiger partial charge in [-0.25, -0.2) is 0 Å². The van der Waals surface area contributed by atoms with E-state index in [-0.39, 0.29) is 0 Å². The van der Waals surface area contributed by atoms with Crippen LogP contribution in [-0.2, 0) is 0 Å². The molecule has 0 nitrogen and oxygen atoms in total. The average molecular weight is 408 g/mol. The minimum absolute atomic E-state index is 1.00. The summed E-state index contributed by atoms with van der Waals surface area (Å²) in [7, 11) is 0. The highest BCUT2D eigenvalue weighted by molar-refractivity contribution is 4.62. The van der Waals surface area contributed by atoms with Gasteiger partial charge in [0.05, 0.1) is 0 Å². The van der Waals surface area contributed by atoms with Gasteiger partial charge in [0.1, 0.15) is 0 Å². The maximum atomic E-state index is 4.07. The third kappa shape index (κ3) is 24.1. The van der Waals surface area contributed by atoms with E-state index >= 15 is 0 Å². The van der Waals surface area contributed by atoms with Crippen LogP contribution in [0.2, 0.25) is 0 Å². The lowest BCUT2D eigenvalue weighted by Gasteiger charge is -2.16. The van der Waals surface area contributed by atoms with E-state index in [2.05, 4.69) is 20.8 Å². The number of hydrogen-bond acceptors (Lipinski definition) is 0. The molecule has 1 unspecified atom stereocenters. The second-order valence-electron chi connectivity index (χ2n) is 9.80. The van der Waals surface area contributed by atoms with Crippen molar-refractivity contribution in [3.05, 3.63) is 6.92 Å². The van der Waals surface area contributed by atoms with Crippen LogP contribution in [0, 0.1) is 12.8 Å². The van der Waals surface area contributed by atoms with Crippen LogP contribution in [0.4, 0.5) is 0 Å². The van der Waals surface area contributed by atoms with Crippen molar-refractivity contribution in [3.8, 4) is 0 Å². The molecule has 0 aromatic carbocycles. The van der Waals surface area contributed by atoms with Gasteiger partial charge in [0, 0.05) is 0 Å². The lowest BCUT2D eigenvalue weighted by atomic mass is 9.90. The third-order valence-corrected chi connectivity index (χ3v) is 6.79. The Hall–Kier alpha value is 0. The largest absolute Gasteiger partial charge is 0.0654 e. The summed E-state index contributed by atoms with van der Waals surface area (Å²) in [6, 6.07) is 0. The van der Waals surface area contributed by atoms with Crippen molar-refractivity contribution >= 4 is 0 Å². The molecule has 1 radical (unpaired) electrons. The summed E-state index contributed by atoms with van der Waals surface area (Å²) in [5.74, 6) is 1.00. The molecular formula is C29H59. The van der Waals surface area contributed by atoms with E-state index in [9.17, 15) is 0 Å². The predicted octanol–water partition coefficient (Wildman–Crippen LogP) is 11.2. The van der Waals surface area contributed by atoms with Gasteiger partial charge in [-0.15, -0.1) is 0 Å². The quantitative estimate of drug-likeness (QED) is 0.132. The zero-order valence-electron chi connectivity index (χ0n) is 21.0. The Kier molecular flexibility index (Phi) is 26.0. The van der Waals surface area contributed by atoms with Crippen molar-refractivity contribution in [3.63, 3.8) is 0 Å². The van der Waals surface area contributed by atoms with Gasteiger partial charge in [-0.1, -0.05) is 181 Å². The monoisotopic (exact) mass is 407 g/mol. The Balaban J connectivity index is 3.47. The normalized spacial score (nSPS) is 12.5. The van der Waals surface area contributed by atoms with Crippen LogP contribution < -0.4 is 0 Å². The summed E-state index contributed by atoms with van der Waals surface area (Å²) < 4.78 is 0. The maximum Gasteiger partial charge on any atom is -0.0414 e. The van der Waals surface area contributed by atoms with E-state index in [1.165, 1.54) is 154 Å². The van der Waals surface area contributed by atoms with E-state index < -0.39 is 0 Å². The van der Waals surface area contributed by atoms with Gasteiger partial charge in [-0.3, -0.25) is 0 Å². The second-order valence-corrected chi connectivity index (χ2v) is 9.80. The number of rotatable bonds is 25. The second kappa shape index (κ2) is 26.0. The van der Waals surface area contributed by atoms with Crippen LogP contribution in [0.15, 0.2) is 0 Å². The van der Waals surface area contributed by atoms with Crippen LogP contribution >= 0.6 is 0 Å². The fourth-order valence-corrected chi connectivity index (χ4v) is 4.71. The maximum absolute atomic E-state index is 4.07. The molecule has 0 spiro atoms. The van der Waals surface area contributed by atoms with Crippen molar-refractivity contribution in [1.82, 2.24) is 0 Å². The topological polar surface area (TPSA) is 0 Å². The summed E-state index contributed by atoms with van der Waals surface area (Å²) in [6.07, 6.45) is 36.2. The Morgan fingerprint density at radius 1 is 0.379 bits per heavy atom. The van der Waals surface area contributed by atoms with Crippen molar-refractivity contribution in [2.75, 3.05) is 0 Å². The van der Waals surface area contributed by atoms with E-state index in [1.54, 1.807) is 0 Å². The SMILES string of the molecule is [CH2]CCCC(CCCCCCCCC)CCCCCCCCCCCCCCC. The van der Waals surface area contributed by atoms with Gasteiger partial charge in [0.25, 0.3) is 0 Å². The van der Waals surface area contributed by atoms with Crippen molar-refractivity contribution < 1.29 is 0 Å². The van der Waals surface area contributed by atoms with Crippen molar-refractivity contribution in [2.45, 2.75) is 174 Å². The Bertz CT molecular complexity index is 269. The molecule has 0 heterocycles. The van der Waals surface area contributed by atoms with Crippen LogP contribution in [-0.4, -0.2) is 0 Å². The van der Waals surface area contributed by atoms with Crippen LogP contribution in [0.1, 0.15) is 174 Å². The molecule has 175 valence electrons. The Morgan fingerprint density at radius 2 is 0.655 bits per heavy atom. The minimum atomic E-state index is 1.00. The first-order valence-electron chi connectivity index (χ1n) is 14.1. The van der Waals surface area contributed by atoms with E-state index in [4.69, 9.17) is 0 Å². The van der Waals surface area contributed by atoms with Gasteiger partial charge >= 0.3 is 0 Å². The Morgan fingerprint density at radius 3 is 0.966 bits per heavy atom. The average Bonchev–Trinajstić information content (AvgIpc) is 2.74. The van der Waals surface area contributed by atoms with E-state index in [0.29, 0.717) is 0 Å². The molecule has 0 rings (SSSR count). The summed E-state index contributed by atoms with van der Waals surface area (Å²) in [6.45, 7) is 8.68. The fourth-order valence-electron chi connectivity index (χ4n) is 4.71. The van der Waals surface area contributed by atoms with Crippen LogP contribution in [0.3, 0.4) is 0 Å². The highest BCUT2D eigenvalue weighted by Gasteiger charge is 2.08. The number of hydrogen-bond donors (Lipinski definition) is 0. The standard InChI is InChI=1S/C29H59/c1-4-7-10-12-14-15-16-17-18-19-21-23-25-28-29(26-9-6-3)27-24-22-20-13-11-8-5-2/h29H,3-28H2,1-2H3.